The van der Waals surface area contributed by atoms with E-state index >= 15 is 0 Å². The molecule has 0 amide bonds. The van der Waals surface area contributed by atoms with Gasteiger partial charge in [-0.15, -0.1) is 0 Å². The van der Waals surface area contributed by atoms with Gasteiger partial charge in [0.2, 0.25) is 10.0 Å². The number of anilines is 1. The van der Waals surface area contributed by atoms with Gasteiger partial charge in [-0.3, -0.25) is 0 Å². The van der Waals surface area contributed by atoms with E-state index in [4.69, 9.17) is 0 Å². The average Bonchev–Trinajstić information content (AvgIpc) is 2.79. The molecule has 3 aromatic carbocycles. The number of rotatable bonds is 10. The summed E-state index contributed by atoms with van der Waals surface area (Å²) in [7, 11) is -3.60. The van der Waals surface area contributed by atoms with Crippen molar-refractivity contribution >= 4 is 15.7 Å². The van der Waals surface area contributed by atoms with Crippen LogP contribution in [0.1, 0.15) is 30.5 Å². The molecule has 0 unspecified atom stereocenters. The average molecular weight is 437 g/mol. The van der Waals surface area contributed by atoms with Gasteiger partial charge in [-0.05, 0) is 62.6 Å². The molecule has 31 heavy (non-hydrogen) atoms. The first-order chi connectivity index (χ1) is 14.9. The van der Waals surface area contributed by atoms with E-state index in [1.807, 2.05) is 61.5 Å². The zero-order valence-corrected chi connectivity index (χ0v) is 19.5. The SMILES string of the molecule is CCN(CC)c1ccc(CN(CCc2ccccc2)S(=O)(=O)c2ccc(C)cc2)cc1. The summed E-state index contributed by atoms with van der Waals surface area (Å²) in [5, 5.41) is 0. The van der Waals surface area contributed by atoms with Gasteiger partial charge >= 0.3 is 0 Å². The highest BCUT2D eigenvalue weighted by molar-refractivity contribution is 7.89. The lowest BCUT2D eigenvalue weighted by Crippen LogP contribution is -2.32. The van der Waals surface area contributed by atoms with Crippen LogP contribution >= 0.6 is 0 Å². The molecule has 0 atom stereocenters. The molecule has 0 aromatic heterocycles. The van der Waals surface area contributed by atoms with Crippen molar-refractivity contribution in [1.82, 2.24) is 4.31 Å². The van der Waals surface area contributed by atoms with Gasteiger partial charge in [-0.25, -0.2) is 8.42 Å². The highest BCUT2D eigenvalue weighted by Crippen LogP contribution is 2.22. The molecule has 0 saturated carbocycles. The van der Waals surface area contributed by atoms with Gasteiger partial charge in [0, 0.05) is 31.9 Å². The smallest absolute Gasteiger partial charge is 0.243 e. The van der Waals surface area contributed by atoms with Gasteiger partial charge in [0.25, 0.3) is 0 Å². The Morgan fingerprint density at radius 1 is 0.742 bits per heavy atom. The molecule has 0 aliphatic carbocycles. The Kier molecular flexibility index (Phi) is 7.88. The molecule has 3 aromatic rings. The fraction of sp³-hybridized carbons (Fsp3) is 0.308. The third-order valence-corrected chi connectivity index (χ3v) is 7.43. The van der Waals surface area contributed by atoms with Gasteiger partial charge in [0.05, 0.1) is 4.90 Å². The topological polar surface area (TPSA) is 40.6 Å². The van der Waals surface area contributed by atoms with Crippen molar-refractivity contribution in [1.29, 1.82) is 0 Å². The second kappa shape index (κ2) is 10.6. The third kappa shape index (κ3) is 5.96. The quantitative estimate of drug-likeness (QED) is 0.434. The van der Waals surface area contributed by atoms with Crippen LogP contribution in [0.25, 0.3) is 0 Å². The van der Waals surface area contributed by atoms with Crippen LogP contribution in [0.3, 0.4) is 0 Å². The number of nitrogens with zero attached hydrogens (tertiary/aromatic N) is 2. The summed E-state index contributed by atoms with van der Waals surface area (Å²) in [5.41, 5.74) is 4.32. The Balaban J connectivity index is 1.85. The molecule has 0 heterocycles. The van der Waals surface area contributed by atoms with Crippen LogP contribution in [0.2, 0.25) is 0 Å². The van der Waals surface area contributed by atoms with Crippen LogP contribution in [0.5, 0.6) is 0 Å². The molecule has 0 radical (unpaired) electrons. The number of aryl methyl sites for hydroxylation is 1. The van der Waals surface area contributed by atoms with E-state index in [1.165, 1.54) is 0 Å². The Bertz CT molecular complexity index is 1040. The second-order valence-corrected chi connectivity index (χ2v) is 9.66. The van der Waals surface area contributed by atoms with Crippen molar-refractivity contribution in [2.45, 2.75) is 38.6 Å². The van der Waals surface area contributed by atoms with Crippen molar-refractivity contribution < 1.29 is 8.42 Å². The predicted molar refractivity (Wildman–Crippen MR) is 129 cm³/mol. The van der Waals surface area contributed by atoms with Crippen LogP contribution in [0.15, 0.2) is 83.8 Å². The standard InChI is InChI=1S/C26H32N2O2S/c1-4-27(5-2)25-15-13-24(14-16-25)21-28(20-19-23-9-7-6-8-10-23)31(29,30)26-17-11-22(3)12-18-26/h6-18H,4-5,19-21H2,1-3H3. The van der Waals surface area contributed by atoms with Gasteiger partial charge in [0.15, 0.2) is 0 Å². The van der Waals surface area contributed by atoms with Crippen molar-refractivity contribution in [3.8, 4) is 0 Å². The van der Waals surface area contributed by atoms with Crippen molar-refractivity contribution in [3.05, 3.63) is 95.6 Å². The summed E-state index contributed by atoms with van der Waals surface area (Å²) in [6.45, 7) is 8.90. The van der Waals surface area contributed by atoms with Crippen LogP contribution in [-0.4, -0.2) is 32.4 Å². The Hall–Kier alpha value is -2.63. The van der Waals surface area contributed by atoms with E-state index in [9.17, 15) is 8.42 Å². The highest BCUT2D eigenvalue weighted by atomic mass is 32.2. The lowest BCUT2D eigenvalue weighted by atomic mass is 10.1. The van der Waals surface area contributed by atoms with Gasteiger partial charge < -0.3 is 4.90 Å². The molecule has 0 aliphatic heterocycles. The van der Waals surface area contributed by atoms with Crippen molar-refractivity contribution in [2.24, 2.45) is 0 Å². The third-order valence-electron chi connectivity index (χ3n) is 5.58. The second-order valence-electron chi connectivity index (χ2n) is 7.73. The highest BCUT2D eigenvalue weighted by Gasteiger charge is 2.24. The fourth-order valence-electron chi connectivity index (χ4n) is 3.65. The summed E-state index contributed by atoms with van der Waals surface area (Å²) in [6, 6.07) is 25.3. The van der Waals surface area contributed by atoms with E-state index in [0.29, 0.717) is 24.4 Å². The minimum absolute atomic E-state index is 0.339. The molecular weight excluding hydrogens is 404 g/mol. The predicted octanol–water partition coefficient (Wildman–Crippen LogP) is 5.27. The monoisotopic (exact) mass is 436 g/mol. The first-order valence-electron chi connectivity index (χ1n) is 10.9. The summed E-state index contributed by atoms with van der Waals surface area (Å²) in [6.07, 6.45) is 0.670. The molecule has 0 spiro atoms. The summed E-state index contributed by atoms with van der Waals surface area (Å²) in [4.78, 5) is 2.62. The Labute approximate surface area is 187 Å². The maximum absolute atomic E-state index is 13.5. The first-order valence-corrected chi connectivity index (χ1v) is 12.3. The molecule has 0 aliphatic rings. The minimum atomic E-state index is -3.60. The van der Waals surface area contributed by atoms with E-state index in [-0.39, 0.29) is 0 Å². The summed E-state index contributed by atoms with van der Waals surface area (Å²) < 4.78 is 28.5. The number of hydrogen-bond acceptors (Lipinski definition) is 3. The molecule has 0 saturated heterocycles. The lowest BCUT2D eigenvalue weighted by molar-refractivity contribution is 0.409. The Morgan fingerprint density at radius 3 is 1.94 bits per heavy atom. The molecular formula is C26H32N2O2S. The fourth-order valence-corrected chi connectivity index (χ4v) is 5.08. The molecule has 5 heteroatoms. The maximum Gasteiger partial charge on any atom is 0.243 e. The first kappa shape index (κ1) is 23.0. The summed E-state index contributed by atoms with van der Waals surface area (Å²) >= 11 is 0. The number of benzene rings is 3. The van der Waals surface area contributed by atoms with Crippen molar-refractivity contribution in [2.75, 3.05) is 24.5 Å². The van der Waals surface area contributed by atoms with E-state index in [1.54, 1.807) is 16.4 Å². The lowest BCUT2D eigenvalue weighted by Gasteiger charge is -2.24. The zero-order valence-electron chi connectivity index (χ0n) is 18.7. The van der Waals surface area contributed by atoms with Crippen LogP contribution in [-0.2, 0) is 23.0 Å². The van der Waals surface area contributed by atoms with Crippen LogP contribution in [0, 0.1) is 6.92 Å². The number of sulfonamides is 1. The molecule has 3 rings (SSSR count). The van der Waals surface area contributed by atoms with Crippen LogP contribution < -0.4 is 4.90 Å². The maximum atomic E-state index is 13.5. The molecule has 0 N–H and O–H groups in total. The molecule has 0 bridgehead atoms. The molecule has 164 valence electrons. The summed E-state index contributed by atoms with van der Waals surface area (Å²) in [5.74, 6) is 0. The van der Waals surface area contributed by atoms with Crippen LogP contribution in [0.4, 0.5) is 5.69 Å². The minimum Gasteiger partial charge on any atom is -0.372 e. The number of hydrogen-bond donors (Lipinski definition) is 0. The molecule has 0 fully saturated rings. The largest absolute Gasteiger partial charge is 0.372 e. The van der Waals surface area contributed by atoms with E-state index in [0.717, 1.165) is 35.5 Å². The van der Waals surface area contributed by atoms with E-state index < -0.39 is 10.0 Å². The molecule has 4 nitrogen and oxygen atoms in total. The Morgan fingerprint density at radius 2 is 1.35 bits per heavy atom. The van der Waals surface area contributed by atoms with Gasteiger partial charge in [-0.2, -0.15) is 4.31 Å². The normalized spacial score (nSPS) is 11.6. The van der Waals surface area contributed by atoms with Crippen molar-refractivity contribution in [3.63, 3.8) is 0 Å². The van der Waals surface area contributed by atoms with Gasteiger partial charge in [-0.1, -0.05) is 60.2 Å². The zero-order chi connectivity index (χ0) is 22.3. The van der Waals surface area contributed by atoms with E-state index in [2.05, 4.69) is 30.9 Å². The van der Waals surface area contributed by atoms with Gasteiger partial charge in [0.1, 0.15) is 0 Å².